The zero-order valence-corrected chi connectivity index (χ0v) is 21.8. The number of nitrogens with one attached hydrogen (secondary N) is 1. The number of aliphatic hydroxyl groups is 5. The van der Waals surface area contributed by atoms with Crippen LogP contribution in [0.15, 0.2) is 21.9 Å². The van der Waals surface area contributed by atoms with Crippen molar-refractivity contribution in [2.45, 2.75) is 62.5 Å². The van der Waals surface area contributed by atoms with Gasteiger partial charge in [-0.25, -0.2) is 13.9 Å². The Labute approximate surface area is 218 Å². The van der Waals surface area contributed by atoms with Gasteiger partial charge >= 0.3 is 21.3 Å². The molecule has 11 atom stereocenters. The number of nitrogens with zero attached hydrogens (tertiary/aromatic N) is 1. The third kappa shape index (κ3) is 7.75. The number of H-pyrrole nitrogens is 1. The first-order valence-electron chi connectivity index (χ1n) is 11.2. The van der Waals surface area contributed by atoms with Crippen LogP contribution in [0.4, 0.5) is 0 Å². The van der Waals surface area contributed by atoms with E-state index in [0.717, 1.165) is 23.8 Å². The molecule has 0 spiro atoms. The molecule has 3 unspecified atom stereocenters. The smallest absolute Gasteiger partial charge is 0.394 e. The van der Waals surface area contributed by atoms with Crippen LogP contribution in [0.1, 0.15) is 19.6 Å². The number of aromatic amines is 1. The summed E-state index contributed by atoms with van der Waals surface area (Å²) in [4.78, 5) is 56.6. The van der Waals surface area contributed by atoms with Crippen molar-refractivity contribution in [2.24, 2.45) is 5.92 Å². The SMILES string of the molecule is CC(=O)C[C@@H]1[C@H](OP(=O)(O)OP(=O)(O)OC[C@H]2OC(n3ccc(=O)[nH]c3=O)[C@H](O)[C@@H]2O)O[C@@H](CO)[C@@H](O)[C@H]1O. The van der Waals surface area contributed by atoms with Gasteiger partial charge < -0.3 is 49.6 Å². The van der Waals surface area contributed by atoms with E-state index in [2.05, 4.69) is 8.83 Å². The number of Topliss-reactive ketones (excluding diaryl/α,β-unsaturated/α-hetero) is 1. The molecule has 1 aromatic rings. The molecule has 2 saturated heterocycles. The highest BCUT2D eigenvalue weighted by Crippen LogP contribution is 2.62. The summed E-state index contributed by atoms with van der Waals surface area (Å²) >= 11 is 0. The van der Waals surface area contributed by atoms with Crippen LogP contribution >= 0.6 is 15.6 Å². The van der Waals surface area contributed by atoms with Gasteiger partial charge in [0.25, 0.3) is 5.56 Å². The van der Waals surface area contributed by atoms with E-state index in [1.165, 1.54) is 0 Å². The van der Waals surface area contributed by atoms with Crippen LogP contribution in [-0.4, -0.2) is 107 Å². The lowest BCUT2D eigenvalue weighted by Crippen LogP contribution is -2.56. The predicted molar refractivity (Wildman–Crippen MR) is 122 cm³/mol. The number of phosphoric ester groups is 2. The highest BCUT2D eigenvalue weighted by atomic mass is 31.3. The molecular formula is C18H28N2O17P2. The fourth-order valence-corrected chi connectivity index (χ4v) is 6.18. The Morgan fingerprint density at radius 3 is 2.26 bits per heavy atom. The number of aliphatic hydroxyl groups excluding tert-OH is 5. The molecule has 39 heavy (non-hydrogen) atoms. The number of rotatable bonds is 11. The molecule has 0 aliphatic carbocycles. The Kier molecular flexibility index (Phi) is 10.2. The van der Waals surface area contributed by atoms with Gasteiger partial charge in [0.05, 0.1) is 19.3 Å². The molecule has 3 heterocycles. The van der Waals surface area contributed by atoms with Gasteiger partial charge in [-0.3, -0.25) is 23.4 Å². The summed E-state index contributed by atoms with van der Waals surface area (Å²) in [5.74, 6) is -1.99. The summed E-state index contributed by atoms with van der Waals surface area (Å²) in [5.41, 5.74) is -1.74. The molecule has 0 amide bonds. The molecular weight excluding hydrogens is 578 g/mol. The van der Waals surface area contributed by atoms with Crippen LogP contribution in [0.5, 0.6) is 0 Å². The van der Waals surface area contributed by atoms with E-state index >= 15 is 0 Å². The molecule has 2 aliphatic heterocycles. The monoisotopic (exact) mass is 606 g/mol. The average Bonchev–Trinajstić information content (AvgIpc) is 3.10. The van der Waals surface area contributed by atoms with Gasteiger partial charge in [0.15, 0.2) is 12.5 Å². The third-order valence-electron chi connectivity index (χ3n) is 5.84. The fourth-order valence-electron chi connectivity index (χ4n) is 3.99. The van der Waals surface area contributed by atoms with E-state index in [0.29, 0.717) is 0 Å². The number of ketones is 1. The number of hydrogen-bond acceptors (Lipinski definition) is 15. The van der Waals surface area contributed by atoms with Crippen LogP contribution in [0.3, 0.4) is 0 Å². The molecule has 0 saturated carbocycles. The molecule has 21 heteroatoms. The number of aromatic nitrogens is 2. The lowest BCUT2D eigenvalue weighted by atomic mass is 9.87. The maximum Gasteiger partial charge on any atom is 0.483 e. The van der Waals surface area contributed by atoms with E-state index in [1.807, 2.05) is 4.98 Å². The van der Waals surface area contributed by atoms with Gasteiger partial charge in [0, 0.05) is 24.6 Å². The Bertz CT molecular complexity index is 1240. The van der Waals surface area contributed by atoms with Crippen LogP contribution in [0.25, 0.3) is 0 Å². The van der Waals surface area contributed by atoms with Gasteiger partial charge in [-0.15, -0.1) is 0 Å². The number of carbonyl (C=O) groups is 1. The highest BCUT2D eigenvalue weighted by Gasteiger charge is 2.50. The van der Waals surface area contributed by atoms with Crippen LogP contribution in [0.2, 0.25) is 0 Å². The quantitative estimate of drug-likeness (QED) is 0.113. The van der Waals surface area contributed by atoms with Crippen molar-refractivity contribution in [2.75, 3.05) is 13.2 Å². The molecule has 0 aromatic carbocycles. The van der Waals surface area contributed by atoms with Crippen LogP contribution in [-0.2, 0) is 36.8 Å². The molecule has 0 bridgehead atoms. The first-order valence-corrected chi connectivity index (χ1v) is 14.2. The topological polar surface area (TPSA) is 294 Å². The summed E-state index contributed by atoms with van der Waals surface area (Å²) in [7, 11) is -11.1. The van der Waals surface area contributed by atoms with Crippen molar-refractivity contribution >= 4 is 21.4 Å². The molecule has 3 rings (SSSR count). The van der Waals surface area contributed by atoms with E-state index in [1.54, 1.807) is 0 Å². The Morgan fingerprint density at radius 2 is 1.67 bits per heavy atom. The van der Waals surface area contributed by atoms with Crippen molar-refractivity contribution in [3.05, 3.63) is 33.1 Å². The number of carbonyl (C=O) groups excluding carboxylic acids is 1. The molecule has 2 aliphatic rings. The zero-order chi connectivity index (χ0) is 29.3. The first kappa shape index (κ1) is 31.9. The number of ether oxygens (including phenoxy) is 2. The van der Waals surface area contributed by atoms with Gasteiger partial charge in [0.1, 0.15) is 36.3 Å². The minimum absolute atomic E-state index is 0.521. The lowest BCUT2D eigenvalue weighted by molar-refractivity contribution is -0.263. The van der Waals surface area contributed by atoms with Gasteiger partial charge in [0.2, 0.25) is 0 Å². The molecule has 19 nitrogen and oxygen atoms in total. The van der Waals surface area contributed by atoms with Gasteiger partial charge in [-0.05, 0) is 6.92 Å². The zero-order valence-electron chi connectivity index (χ0n) is 20.0. The Hall–Kier alpha value is -1.67. The van der Waals surface area contributed by atoms with Crippen molar-refractivity contribution < 1.29 is 72.1 Å². The largest absolute Gasteiger partial charge is 0.483 e. The average molecular weight is 606 g/mol. The van der Waals surface area contributed by atoms with E-state index in [-0.39, 0.29) is 0 Å². The van der Waals surface area contributed by atoms with Crippen molar-refractivity contribution in [3.8, 4) is 0 Å². The summed E-state index contributed by atoms with van der Waals surface area (Å²) < 4.78 is 49.4. The lowest BCUT2D eigenvalue weighted by Gasteiger charge is -2.41. The summed E-state index contributed by atoms with van der Waals surface area (Å²) in [6, 6.07) is 0.932. The standard InChI is InChI=1S/C18H28N2O17P2/c1-7(22)4-8-12(24)13(25)9(5-21)35-17(8)36-39(31,32)37-38(29,30)33-6-10-14(26)15(27)16(34-10)20-3-2-11(23)19-18(20)28/h2-3,8-10,12-17,21,24-27H,4-6H2,1H3,(H,29,30)(H,31,32)(H,19,23,28)/t8-,9-,10+,12-,13+,14+,15+,16?,17-/m0/s1. The van der Waals surface area contributed by atoms with Crippen LogP contribution < -0.4 is 11.2 Å². The molecule has 2 fully saturated rings. The van der Waals surface area contributed by atoms with Gasteiger partial charge in [-0.1, -0.05) is 0 Å². The predicted octanol–water partition coefficient (Wildman–Crippen LogP) is -3.56. The number of hydrogen-bond donors (Lipinski definition) is 8. The second-order valence-electron chi connectivity index (χ2n) is 8.76. The van der Waals surface area contributed by atoms with Crippen LogP contribution in [0, 0.1) is 5.92 Å². The van der Waals surface area contributed by atoms with E-state index in [4.69, 9.17) is 14.0 Å². The maximum atomic E-state index is 12.5. The third-order valence-corrected chi connectivity index (χ3v) is 8.44. The first-order chi connectivity index (χ1) is 18.0. The second kappa shape index (κ2) is 12.5. The minimum Gasteiger partial charge on any atom is -0.394 e. The summed E-state index contributed by atoms with van der Waals surface area (Å²) in [6.45, 7) is -0.788. The molecule has 0 radical (unpaired) electrons. The summed E-state index contributed by atoms with van der Waals surface area (Å²) in [6.07, 6.45) is -13.2. The fraction of sp³-hybridized carbons (Fsp3) is 0.722. The molecule has 8 N–H and O–H groups in total. The summed E-state index contributed by atoms with van der Waals surface area (Å²) in [5, 5.41) is 50.0. The Morgan fingerprint density at radius 1 is 1.03 bits per heavy atom. The minimum atomic E-state index is -5.59. The van der Waals surface area contributed by atoms with Crippen molar-refractivity contribution in [1.82, 2.24) is 9.55 Å². The van der Waals surface area contributed by atoms with Crippen molar-refractivity contribution in [3.63, 3.8) is 0 Å². The van der Waals surface area contributed by atoms with Crippen molar-refractivity contribution in [1.29, 1.82) is 0 Å². The molecule has 1 aromatic heterocycles. The van der Waals surface area contributed by atoms with E-state index in [9.17, 15) is 58.8 Å². The highest BCUT2D eigenvalue weighted by molar-refractivity contribution is 7.61. The van der Waals surface area contributed by atoms with E-state index < -0.39 is 107 Å². The number of phosphoric acid groups is 2. The molecule has 222 valence electrons. The normalized spacial score (nSPS) is 36.3. The maximum absolute atomic E-state index is 12.5. The second-order valence-corrected chi connectivity index (χ2v) is 11.8. The van der Waals surface area contributed by atoms with Gasteiger partial charge in [-0.2, -0.15) is 4.31 Å². The Balaban J connectivity index is 1.66.